The molecule has 0 aromatic carbocycles. The normalized spacial score (nSPS) is 16.5. The van der Waals surface area contributed by atoms with Gasteiger partial charge in [0.1, 0.15) is 5.76 Å². The number of carbonyl (C=O) groups excluding carboxylic acids is 1. The summed E-state index contributed by atoms with van der Waals surface area (Å²) in [5, 5.41) is 4.04. The molecule has 128 valence electrons. The summed E-state index contributed by atoms with van der Waals surface area (Å²) in [6.07, 6.45) is 0. The number of aromatic nitrogens is 1. The first-order valence-corrected chi connectivity index (χ1v) is 8.27. The van der Waals surface area contributed by atoms with Crippen molar-refractivity contribution >= 4 is 5.91 Å². The Labute approximate surface area is 138 Å². The van der Waals surface area contributed by atoms with Crippen molar-refractivity contribution in [3.63, 3.8) is 0 Å². The summed E-state index contributed by atoms with van der Waals surface area (Å²) in [6, 6.07) is 1.98. The van der Waals surface area contributed by atoms with Crippen LogP contribution in [0.5, 0.6) is 0 Å². The topological polar surface area (TPSA) is 52.8 Å². The average molecular weight is 320 g/mol. The van der Waals surface area contributed by atoms with Gasteiger partial charge >= 0.3 is 0 Å². The third-order valence-corrected chi connectivity index (χ3v) is 4.08. The second kappa shape index (κ2) is 8.26. The van der Waals surface area contributed by atoms with Crippen molar-refractivity contribution < 1.29 is 9.32 Å². The summed E-state index contributed by atoms with van der Waals surface area (Å²) in [4.78, 5) is 18.8. The monoisotopic (exact) mass is 320 g/mol. The molecule has 0 atom stereocenters. The van der Waals surface area contributed by atoms with E-state index in [0.717, 1.165) is 56.3 Å². The molecule has 6 nitrogen and oxygen atoms in total. The SMILES string of the molecule is C=C(C)CN(CC)C(=O)CN1CCN(Cc2cc(C)on2)CC1. The van der Waals surface area contributed by atoms with E-state index >= 15 is 0 Å². The largest absolute Gasteiger partial charge is 0.361 e. The Morgan fingerprint density at radius 1 is 1.35 bits per heavy atom. The van der Waals surface area contributed by atoms with E-state index in [1.807, 2.05) is 31.7 Å². The minimum Gasteiger partial charge on any atom is -0.361 e. The number of likely N-dealkylation sites (N-methyl/N-ethyl adjacent to an activating group) is 1. The Bertz CT molecular complexity index is 532. The molecule has 0 unspecified atom stereocenters. The molecule has 1 aliphatic rings. The van der Waals surface area contributed by atoms with Crippen molar-refractivity contribution in [2.24, 2.45) is 0 Å². The predicted molar refractivity (Wildman–Crippen MR) is 90.0 cm³/mol. The molecular formula is C17H28N4O2. The first-order chi connectivity index (χ1) is 11.0. The van der Waals surface area contributed by atoms with E-state index in [4.69, 9.17) is 4.52 Å². The number of aryl methyl sites for hydroxylation is 1. The van der Waals surface area contributed by atoms with Gasteiger partial charge in [0.05, 0.1) is 12.2 Å². The molecule has 1 amide bonds. The molecule has 1 fully saturated rings. The van der Waals surface area contributed by atoms with Gasteiger partial charge in [-0.05, 0) is 20.8 Å². The third kappa shape index (κ3) is 5.48. The van der Waals surface area contributed by atoms with Gasteiger partial charge in [-0.25, -0.2) is 0 Å². The lowest BCUT2D eigenvalue weighted by Gasteiger charge is -2.35. The lowest BCUT2D eigenvalue weighted by molar-refractivity contribution is -0.132. The Morgan fingerprint density at radius 3 is 2.52 bits per heavy atom. The molecule has 0 radical (unpaired) electrons. The van der Waals surface area contributed by atoms with Crippen LogP contribution >= 0.6 is 0 Å². The number of hydrogen-bond acceptors (Lipinski definition) is 5. The van der Waals surface area contributed by atoms with E-state index in [1.54, 1.807) is 0 Å². The third-order valence-electron chi connectivity index (χ3n) is 4.08. The highest BCUT2D eigenvalue weighted by molar-refractivity contribution is 5.78. The van der Waals surface area contributed by atoms with E-state index in [0.29, 0.717) is 13.1 Å². The molecule has 2 heterocycles. The summed E-state index contributed by atoms with van der Waals surface area (Å²) in [6.45, 7) is 16.2. The predicted octanol–water partition coefficient (Wildman–Crippen LogP) is 1.53. The summed E-state index contributed by atoms with van der Waals surface area (Å²) in [7, 11) is 0. The van der Waals surface area contributed by atoms with Gasteiger partial charge in [0.25, 0.3) is 0 Å². The van der Waals surface area contributed by atoms with Crippen LogP contribution in [0.15, 0.2) is 22.7 Å². The molecule has 0 spiro atoms. The van der Waals surface area contributed by atoms with Crippen LogP contribution < -0.4 is 0 Å². The number of amides is 1. The summed E-state index contributed by atoms with van der Waals surface area (Å²) >= 11 is 0. The molecule has 0 N–H and O–H groups in total. The van der Waals surface area contributed by atoms with Crippen molar-refractivity contribution in [3.8, 4) is 0 Å². The van der Waals surface area contributed by atoms with Crippen molar-refractivity contribution in [3.05, 3.63) is 29.7 Å². The maximum Gasteiger partial charge on any atom is 0.237 e. The zero-order valence-electron chi connectivity index (χ0n) is 14.5. The zero-order valence-corrected chi connectivity index (χ0v) is 14.5. The molecule has 1 aromatic heterocycles. The summed E-state index contributed by atoms with van der Waals surface area (Å²) in [5.74, 6) is 1.04. The highest BCUT2D eigenvalue weighted by Crippen LogP contribution is 2.09. The van der Waals surface area contributed by atoms with Crippen molar-refractivity contribution in [1.82, 2.24) is 19.9 Å². The maximum atomic E-state index is 12.4. The van der Waals surface area contributed by atoms with Crippen LogP contribution in [-0.4, -0.2) is 71.6 Å². The van der Waals surface area contributed by atoms with Gasteiger partial charge in [-0.15, -0.1) is 0 Å². The molecule has 23 heavy (non-hydrogen) atoms. The quantitative estimate of drug-likeness (QED) is 0.713. The first-order valence-electron chi connectivity index (χ1n) is 8.27. The van der Waals surface area contributed by atoms with Gasteiger partial charge in [0, 0.05) is 51.9 Å². The Hall–Kier alpha value is -1.66. The van der Waals surface area contributed by atoms with Gasteiger partial charge in [-0.1, -0.05) is 17.3 Å². The second-order valence-corrected chi connectivity index (χ2v) is 6.35. The molecule has 0 aliphatic carbocycles. The molecule has 2 rings (SSSR count). The van der Waals surface area contributed by atoms with E-state index in [9.17, 15) is 4.79 Å². The van der Waals surface area contributed by atoms with E-state index in [-0.39, 0.29) is 5.91 Å². The summed E-state index contributed by atoms with van der Waals surface area (Å²) < 4.78 is 5.11. The first kappa shape index (κ1) is 17.7. The number of piperazine rings is 1. The molecular weight excluding hydrogens is 292 g/mol. The molecule has 1 aliphatic heterocycles. The standard InChI is InChI=1S/C17H28N4O2/c1-5-21(11-14(2)3)17(22)13-20-8-6-19(7-9-20)12-16-10-15(4)23-18-16/h10H,2,5-9,11-13H2,1,3-4H3. The fourth-order valence-corrected chi connectivity index (χ4v) is 2.82. The number of carbonyl (C=O) groups is 1. The molecule has 0 bridgehead atoms. The smallest absolute Gasteiger partial charge is 0.237 e. The van der Waals surface area contributed by atoms with Crippen LogP contribution in [0.25, 0.3) is 0 Å². The highest BCUT2D eigenvalue weighted by atomic mass is 16.5. The van der Waals surface area contributed by atoms with Crippen molar-refractivity contribution in [1.29, 1.82) is 0 Å². The van der Waals surface area contributed by atoms with Crippen LogP contribution in [-0.2, 0) is 11.3 Å². The highest BCUT2D eigenvalue weighted by Gasteiger charge is 2.21. The van der Waals surface area contributed by atoms with Gasteiger partial charge in [-0.2, -0.15) is 0 Å². The van der Waals surface area contributed by atoms with E-state index in [2.05, 4.69) is 21.5 Å². The Balaban J connectivity index is 1.75. The van der Waals surface area contributed by atoms with Gasteiger partial charge in [-0.3, -0.25) is 14.6 Å². The maximum absolute atomic E-state index is 12.4. The lowest BCUT2D eigenvalue weighted by atomic mass is 10.2. The average Bonchev–Trinajstić information content (AvgIpc) is 2.91. The number of nitrogens with zero attached hydrogens (tertiary/aromatic N) is 4. The molecule has 1 aromatic rings. The van der Waals surface area contributed by atoms with Crippen LogP contribution in [0.2, 0.25) is 0 Å². The van der Waals surface area contributed by atoms with E-state index < -0.39 is 0 Å². The molecule has 0 saturated carbocycles. The summed E-state index contributed by atoms with van der Waals surface area (Å²) in [5.41, 5.74) is 2.00. The Morgan fingerprint density at radius 2 is 2.00 bits per heavy atom. The van der Waals surface area contributed by atoms with Crippen molar-refractivity contribution in [2.75, 3.05) is 45.8 Å². The van der Waals surface area contributed by atoms with Crippen LogP contribution in [0.3, 0.4) is 0 Å². The van der Waals surface area contributed by atoms with E-state index in [1.165, 1.54) is 0 Å². The fourth-order valence-electron chi connectivity index (χ4n) is 2.82. The molecule has 1 saturated heterocycles. The van der Waals surface area contributed by atoms with Crippen LogP contribution in [0.4, 0.5) is 0 Å². The van der Waals surface area contributed by atoms with Gasteiger partial charge < -0.3 is 9.42 Å². The minimum atomic E-state index is 0.191. The van der Waals surface area contributed by atoms with Gasteiger partial charge in [0.15, 0.2) is 0 Å². The Kier molecular flexibility index (Phi) is 6.36. The molecule has 6 heteroatoms. The minimum absolute atomic E-state index is 0.191. The van der Waals surface area contributed by atoms with Crippen LogP contribution in [0.1, 0.15) is 25.3 Å². The lowest BCUT2D eigenvalue weighted by Crippen LogP contribution is -2.49. The van der Waals surface area contributed by atoms with Gasteiger partial charge in [0.2, 0.25) is 5.91 Å². The number of hydrogen-bond donors (Lipinski definition) is 0. The fraction of sp³-hybridized carbons (Fsp3) is 0.647. The van der Waals surface area contributed by atoms with Crippen molar-refractivity contribution in [2.45, 2.75) is 27.3 Å². The van der Waals surface area contributed by atoms with Crippen LogP contribution in [0, 0.1) is 6.92 Å². The second-order valence-electron chi connectivity index (χ2n) is 6.35. The number of rotatable bonds is 7. The zero-order chi connectivity index (χ0) is 16.8.